The van der Waals surface area contributed by atoms with Crippen molar-refractivity contribution in [2.24, 2.45) is 11.8 Å². The van der Waals surface area contributed by atoms with Crippen molar-refractivity contribution >= 4 is 17.8 Å². The molecule has 0 unspecified atom stereocenters. The van der Waals surface area contributed by atoms with Gasteiger partial charge in [0.25, 0.3) is 0 Å². The first-order chi connectivity index (χ1) is 19.5. The van der Waals surface area contributed by atoms with Gasteiger partial charge in [-0.05, 0) is 36.8 Å². The molecule has 0 heterocycles. The van der Waals surface area contributed by atoms with Crippen LogP contribution in [0.5, 0.6) is 0 Å². The standard InChI is InChI=1S/C32H42N2O6/c1-3-5-15-28(22-25-13-8-6-9-14-25)32(38)40-24-29(26-16-10-7-11-17-26)34-31(37)27(12-4-2)23-30(36)33-18-20-39-21-19-35/h3-4,6-11,13-14,16-17,27-29,35H,1-2,5,12,15,18-24H2,(H,33,36)(H,34,37)/t27-,28-,29-/m1/s1. The maximum atomic E-state index is 13.3. The molecule has 0 saturated carbocycles. The second-order valence-electron chi connectivity index (χ2n) is 9.47. The number of benzene rings is 2. The van der Waals surface area contributed by atoms with E-state index in [2.05, 4.69) is 23.8 Å². The molecule has 2 aromatic carbocycles. The van der Waals surface area contributed by atoms with E-state index in [1.807, 2.05) is 60.7 Å². The highest BCUT2D eigenvalue weighted by Crippen LogP contribution is 2.20. The molecule has 0 aliphatic heterocycles. The summed E-state index contributed by atoms with van der Waals surface area (Å²) in [4.78, 5) is 38.9. The van der Waals surface area contributed by atoms with E-state index in [-0.39, 0.29) is 63.1 Å². The van der Waals surface area contributed by atoms with Crippen LogP contribution >= 0.6 is 0 Å². The Bertz CT molecular complexity index is 1040. The van der Waals surface area contributed by atoms with Crippen molar-refractivity contribution in [2.45, 2.75) is 38.1 Å². The Morgan fingerprint density at radius 2 is 1.62 bits per heavy atom. The first kappa shape index (κ1) is 32.5. The number of aliphatic hydroxyl groups excluding tert-OH is 1. The number of carbonyl (C=O) groups excluding carboxylic acids is 3. The summed E-state index contributed by atoms with van der Waals surface area (Å²) in [6.07, 6.45) is 5.52. The van der Waals surface area contributed by atoms with E-state index < -0.39 is 12.0 Å². The van der Waals surface area contributed by atoms with Gasteiger partial charge in [0.15, 0.2) is 0 Å². The fourth-order valence-corrected chi connectivity index (χ4v) is 4.21. The average Bonchev–Trinajstić information content (AvgIpc) is 2.97. The second-order valence-corrected chi connectivity index (χ2v) is 9.47. The van der Waals surface area contributed by atoms with Crippen molar-refractivity contribution in [3.8, 4) is 0 Å². The molecule has 8 nitrogen and oxygen atoms in total. The number of esters is 1. The highest BCUT2D eigenvalue weighted by Gasteiger charge is 2.26. The molecule has 0 bridgehead atoms. The molecule has 0 saturated heterocycles. The number of nitrogens with one attached hydrogen (secondary N) is 2. The van der Waals surface area contributed by atoms with E-state index in [0.29, 0.717) is 25.7 Å². The Hall–Kier alpha value is -3.75. The van der Waals surface area contributed by atoms with Crippen LogP contribution in [0, 0.1) is 11.8 Å². The van der Waals surface area contributed by atoms with E-state index >= 15 is 0 Å². The van der Waals surface area contributed by atoms with Crippen LogP contribution in [-0.2, 0) is 30.3 Å². The number of carbonyl (C=O) groups is 3. The zero-order valence-corrected chi connectivity index (χ0v) is 23.1. The number of aliphatic hydroxyl groups is 1. The monoisotopic (exact) mass is 550 g/mol. The lowest BCUT2D eigenvalue weighted by atomic mass is 9.95. The van der Waals surface area contributed by atoms with Crippen molar-refractivity contribution in [2.75, 3.05) is 33.0 Å². The topological polar surface area (TPSA) is 114 Å². The van der Waals surface area contributed by atoms with Crippen LogP contribution in [0.4, 0.5) is 0 Å². The molecule has 2 aromatic rings. The van der Waals surface area contributed by atoms with Gasteiger partial charge in [-0.15, -0.1) is 13.2 Å². The van der Waals surface area contributed by atoms with Gasteiger partial charge < -0.3 is 25.2 Å². The highest BCUT2D eigenvalue weighted by atomic mass is 16.5. The smallest absolute Gasteiger partial charge is 0.309 e. The highest BCUT2D eigenvalue weighted by molar-refractivity contribution is 5.86. The lowest BCUT2D eigenvalue weighted by Crippen LogP contribution is -2.39. The summed E-state index contributed by atoms with van der Waals surface area (Å²) >= 11 is 0. The number of hydrogen-bond donors (Lipinski definition) is 3. The predicted molar refractivity (Wildman–Crippen MR) is 155 cm³/mol. The minimum absolute atomic E-state index is 0.0279. The summed E-state index contributed by atoms with van der Waals surface area (Å²) in [5, 5.41) is 14.5. The average molecular weight is 551 g/mol. The minimum atomic E-state index is -0.642. The number of rotatable bonds is 20. The van der Waals surface area contributed by atoms with Gasteiger partial charge in [-0.25, -0.2) is 0 Å². The van der Waals surface area contributed by atoms with Gasteiger partial charge in [0.2, 0.25) is 11.8 Å². The van der Waals surface area contributed by atoms with Crippen LogP contribution in [0.3, 0.4) is 0 Å². The normalized spacial score (nSPS) is 12.9. The lowest BCUT2D eigenvalue weighted by molar-refractivity contribution is -0.150. The Balaban J connectivity index is 2.05. The molecule has 0 aliphatic carbocycles. The summed E-state index contributed by atoms with van der Waals surface area (Å²) in [5.41, 5.74) is 1.84. The van der Waals surface area contributed by atoms with Crippen molar-refractivity contribution in [3.63, 3.8) is 0 Å². The SMILES string of the molecule is C=CCC[C@H](Cc1ccccc1)C(=O)OC[C@@H](NC(=O)[C@H](CC=C)CC(=O)NCCOCCO)c1ccccc1. The van der Waals surface area contributed by atoms with Crippen molar-refractivity contribution in [1.29, 1.82) is 0 Å². The molecule has 3 atom stereocenters. The summed E-state index contributed by atoms with van der Waals surface area (Å²) in [6, 6.07) is 18.5. The first-order valence-electron chi connectivity index (χ1n) is 13.7. The number of ether oxygens (including phenoxy) is 2. The maximum Gasteiger partial charge on any atom is 0.309 e. The van der Waals surface area contributed by atoms with Crippen LogP contribution in [0.15, 0.2) is 86.0 Å². The van der Waals surface area contributed by atoms with Crippen molar-refractivity contribution < 1.29 is 29.0 Å². The van der Waals surface area contributed by atoms with E-state index in [0.717, 1.165) is 11.1 Å². The third kappa shape index (κ3) is 12.4. The van der Waals surface area contributed by atoms with E-state index in [4.69, 9.17) is 14.6 Å². The van der Waals surface area contributed by atoms with Gasteiger partial charge >= 0.3 is 5.97 Å². The van der Waals surface area contributed by atoms with Gasteiger partial charge in [-0.2, -0.15) is 0 Å². The minimum Gasteiger partial charge on any atom is -0.463 e. The van der Waals surface area contributed by atoms with Crippen molar-refractivity contribution in [3.05, 3.63) is 97.1 Å². The molecule has 0 aromatic heterocycles. The van der Waals surface area contributed by atoms with Crippen LogP contribution in [0.2, 0.25) is 0 Å². The number of amides is 2. The van der Waals surface area contributed by atoms with Gasteiger partial charge in [0.05, 0.1) is 37.7 Å². The van der Waals surface area contributed by atoms with Gasteiger partial charge in [0.1, 0.15) is 6.61 Å². The van der Waals surface area contributed by atoms with E-state index in [1.165, 1.54) is 0 Å². The molecule has 0 aliphatic rings. The number of allylic oxidation sites excluding steroid dienone is 2. The van der Waals surface area contributed by atoms with E-state index in [1.54, 1.807) is 12.2 Å². The summed E-state index contributed by atoms with van der Waals surface area (Å²) in [7, 11) is 0. The van der Waals surface area contributed by atoms with Crippen molar-refractivity contribution in [1.82, 2.24) is 10.6 Å². The zero-order chi connectivity index (χ0) is 29.0. The van der Waals surface area contributed by atoms with E-state index in [9.17, 15) is 14.4 Å². The Labute approximate surface area is 237 Å². The Morgan fingerprint density at radius 3 is 2.27 bits per heavy atom. The van der Waals surface area contributed by atoms with Crippen LogP contribution in [0.1, 0.15) is 42.9 Å². The molecule has 0 radical (unpaired) electrons. The Morgan fingerprint density at radius 1 is 0.925 bits per heavy atom. The number of hydrogen-bond acceptors (Lipinski definition) is 6. The lowest BCUT2D eigenvalue weighted by Gasteiger charge is -2.24. The van der Waals surface area contributed by atoms with Crippen LogP contribution in [0.25, 0.3) is 0 Å². The van der Waals surface area contributed by atoms with Gasteiger partial charge in [0, 0.05) is 13.0 Å². The molecule has 40 heavy (non-hydrogen) atoms. The van der Waals surface area contributed by atoms with Crippen LogP contribution < -0.4 is 10.6 Å². The maximum absolute atomic E-state index is 13.3. The fraction of sp³-hybridized carbons (Fsp3) is 0.406. The second kappa shape index (κ2) is 19.3. The quantitative estimate of drug-likeness (QED) is 0.131. The van der Waals surface area contributed by atoms with Gasteiger partial charge in [-0.1, -0.05) is 72.8 Å². The zero-order valence-electron chi connectivity index (χ0n) is 23.1. The third-order valence-corrected chi connectivity index (χ3v) is 6.35. The Kier molecular flexibility index (Phi) is 15.7. The fourth-order valence-electron chi connectivity index (χ4n) is 4.21. The molecular weight excluding hydrogens is 508 g/mol. The molecule has 2 rings (SSSR count). The molecule has 8 heteroatoms. The molecule has 3 N–H and O–H groups in total. The van der Waals surface area contributed by atoms with Crippen LogP contribution in [-0.4, -0.2) is 55.9 Å². The third-order valence-electron chi connectivity index (χ3n) is 6.35. The summed E-state index contributed by atoms with van der Waals surface area (Å²) < 4.78 is 10.9. The summed E-state index contributed by atoms with van der Waals surface area (Å²) in [5.74, 6) is -1.93. The molecule has 0 spiro atoms. The predicted octanol–water partition coefficient (Wildman–Crippen LogP) is 3.92. The summed E-state index contributed by atoms with van der Waals surface area (Å²) in [6.45, 7) is 8.12. The first-order valence-corrected chi connectivity index (χ1v) is 13.7. The molecular formula is C32H42N2O6. The molecule has 216 valence electrons. The van der Waals surface area contributed by atoms with Gasteiger partial charge in [-0.3, -0.25) is 14.4 Å². The molecule has 0 fully saturated rings. The largest absolute Gasteiger partial charge is 0.463 e. The molecule has 2 amide bonds.